The van der Waals surface area contributed by atoms with Crippen molar-refractivity contribution in [2.75, 3.05) is 5.75 Å². The summed E-state index contributed by atoms with van der Waals surface area (Å²) in [6.45, 7) is 0. The van der Waals surface area contributed by atoms with Crippen molar-refractivity contribution in [3.63, 3.8) is 0 Å². The van der Waals surface area contributed by atoms with Gasteiger partial charge in [-0.15, -0.1) is 0 Å². The first-order valence-electron chi connectivity index (χ1n) is 20.1. The van der Waals surface area contributed by atoms with Crippen molar-refractivity contribution in [2.24, 2.45) is 15.0 Å². The van der Waals surface area contributed by atoms with Gasteiger partial charge in [0.1, 0.15) is 0 Å². The van der Waals surface area contributed by atoms with Crippen LogP contribution in [0.15, 0.2) is 209 Å². The molecule has 0 amide bonds. The fourth-order valence-electron chi connectivity index (χ4n) is 6.93. The molecule has 7 rings (SSSR count). The maximum atomic E-state index is 5.29. The number of hydrogen-bond donors (Lipinski definition) is 1. The van der Waals surface area contributed by atoms with Crippen LogP contribution in [0.1, 0.15) is 77.5 Å². The zero-order valence-corrected chi connectivity index (χ0v) is 33.3. The second kappa shape index (κ2) is 20.7. The van der Waals surface area contributed by atoms with Crippen molar-refractivity contribution in [1.29, 1.82) is 0 Å². The molecule has 0 spiro atoms. The highest BCUT2D eigenvalue weighted by Crippen LogP contribution is 2.26. The molecule has 0 radical (unpaired) electrons. The molecule has 0 fully saturated rings. The maximum Gasteiger partial charge on any atom is 0.0781 e. The number of aliphatic imine (C=N–C) groups is 3. The summed E-state index contributed by atoms with van der Waals surface area (Å²) in [5.74, 6) is 0.991. The van der Waals surface area contributed by atoms with Crippen molar-refractivity contribution < 1.29 is 0 Å². The third-order valence-electron chi connectivity index (χ3n) is 10.0. The number of nitrogens with zero attached hydrogens (tertiary/aromatic N) is 3. The fraction of sp³-hybridized carbons (Fsp3) is 0.151. The molecule has 7 aromatic rings. The van der Waals surface area contributed by atoms with Gasteiger partial charge in [0.25, 0.3) is 0 Å². The highest BCUT2D eigenvalue weighted by Gasteiger charge is 2.12. The van der Waals surface area contributed by atoms with Gasteiger partial charge in [-0.05, 0) is 67.0 Å². The van der Waals surface area contributed by atoms with Gasteiger partial charge < -0.3 is 0 Å². The first kappa shape index (κ1) is 39.1. The SMILES string of the molecule is SCCCCCCCCc1ccc(N=C(c2ccc(N=C(c3ccccc3)c3ccccc3)cc2)c2ccc(N=C(c3ccccc3)c3ccccc3)cc2)cc1. The van der Waals surface area contributed by atoms with Crippen LogP contribution in [0.3, 0.4) is 0 Å². The van der Waals surface area contributed by atoms with Crippen molar-refractivity contribution in [3.05, 3.63) is 233 Å². The van der Waals surface area contributed by atoms with Gasteiger partial charge >= 0.3 is 0 Å². The molecule has 0 aliphatic rings. The van der Waals surface area contributed by atoms with Crippen LogP contribution in [0.4, 0.5) is 17.1 Å². The van der Waals surface area contributed by atoms with Crippen molar-refractivity contribution in [1.82, 2.24) is 0 Å². The zero-order chi connectivity index (χ0) is 38.9. The van der Waals surface area contributed by atoms with Gasteiger partial charge in [0.15, 0.2) is 0 Å². The van der Waals surface area contributed by atoms with E-state index in [1.54, 1.807) is 0 Å². The largest absolute Gasteiger partial charge is 0.248 e. The van der Waals surface area contributed by atoms with Crippen LogP contribution in [-0.4, -0.2) is 22.9 Å². The standard InChI is InChI=1S/C53H49N3S/c57-40-18-4-2-1-3-9-19-41-28-34-48(35-29-41)54-53(46-30-36-49(37-31-46)55-51(42-20-10-5-11-21-42)43-22-12-6-13-23-43)47-32-38-50(39-33-47)56-52(44-24-14-7-15-25-44)45-26-16-8-17-27-45/h5-8,10-17,20-39,57H,1-4,9,18-19,40H2. The van der Waals surface area contributed by atoms with Gasteiger partial charge in [-0.1, -0.05) is 183 Å². The molecule has 0 aromatic heterocycles. The fourth-order valence-corrected chi connectivity index (χ4v) is 7.16. The lowest BCUT2D eigenvalue weighted by molar-refractivity contribution is 0.609. The minimum Gasteiger partial charge on any atom is -0.248 e. The van der Waals surface area contributed by atoms with E-state index in [1.807, 2.05) is 24.3 Å². The summed E-state index contributed by atoms with van der Waals surface area (Å²) in [5.41, 5.74) is 13.2. The van der Waals surface area contributed by atoms with E-state index in [0.717, 1.165) is 79.8 Å². The minimum absolute atomic E-state index is 0.880. The van der Waals surface area contributed by atoms with Crippen LogP contribution in [0, 0.1) is 0 Å². The molecule has 0 saturated heterocycles. The van der Waals surface area contributed by atoms with E-state index in [-0.39, 0.29) is 0 Å². The molecule has 0 saturated carbocycles. The quantitative estimate of drug-likeness (QED) is 0.0545. The van der Waals surface area contributed by atoms with Crippen LogP contribution < -0.4 is 0 Å². The van der Waals surface area contributed by atoms with Gasteiger partial charge in [-0.3, -0.25) is 0 Å². The molecule has 282 valence electrons. The Labute approximate surface area is 344 Å². The lowest BCUT2D eigenvalue weighted by Gasteiger charge is -2.11. The zero-order valence-electron chi connectivity index (χ0n) is 32.4. The average molecular weight is 760 g/mol. The van der Waals surface area contributed by atoms with Gasteiger partial charge in [0.05, 0.1) is 34.2 Å². The number of aryl methyl sites for hydroxylation is 1. The Balaban J connectivity index is 1.19. The van der Waals surface area contributed by atoms with Gasteiger partial charge in [0.2, 0.25) is 0 Å². The van der Waals surface area contributed by atoms with E-state index in [0.29, 0.717) is 0 Å². The highest BCUT2D eigenvalue weighted by atomic mass is 32.1. The molecule has 0 aliphatic carbocycles. The molecule has 0 heterocycles. The Morgan fingerprint density at radius 1 is 0.298 bits per heavy atom. The summed E-state index contributed by atoms with van der Waals surface area (Å²) in [6, 6.07) is 67.1. The van der Waals surface area contributed by atoms with Gasteiger partial charge in [0, 0.05) is 33.4 Å². The summed E-state index contributed by atoms with van der Waals surface area (Å²) in [4.78, 5) is 15.6. The highest BCUT2D eigenvalue weighted by molar-refractivity contribution is 7.80. The summed E-state index contributed by atoms with van der Waals surface area (Å²) in [5, 5.41) is 0. The van der Waals surface area contributed by atoms with E-state index < -0.39 is 0 Å². The molecule has 0 bridgehead atoms. The monoisotopic (exact) mass is 759 g/mol. The predicted octanol–water partition coefficient (Wildman–Crippen LogP) is 14.0. The molecule has 4 heteroatoms. The van der Waals surface area contributed by atoms with Crippen LogP contribution >= 0.6 is 12.6 Å². The van der Waals surface area contributed by atoms with E-state index >= 15 is 0 Å². The van der Waals surface area contributed by atoms with Gasteiger partial charge in [-0.25, -0.2) is 15.0 Å². The third kappa shape index (κ3) is 11.2. The Bertz CT molecular complexity index is 2130. The first-order valence-corrected chi connectivity index (χ1v) is 20.8. The van der Waals surface area contributed by atoms with Crippen LogP contribution in [-0.2, 0) is 6.42 Å². The van der Waals surface area contributed by atoms with Crippen LogP contribution in [0.5, 0.6) is 0 Å². The van der Waals surface area contributed by atoms with E-state index in [2.05, 4.69) is 182 Å². The van der Waals surface area contributed by atoms with Gasteiger partial charge in [-0.2, -0.15) is 12.6 Å². The summed E-state index contributed by atoms with van der Waals surface area (Å²) in [7, 11) is 0. The van der Waals surface area contributed by atoms with E-state index in [1.165, 1.54) is 44.1 Å². The molecule has 0 atom stereocenters. The van der Waals surface area contributed by atoms with Crippen molar-refractivity contribution in [2.45, 2.75) is 44.9 Å². The second-order valence-corrected chi connectivity index (χ2v) is 14.6. The molecule has 57 heavy (non-hydrogen) atoms. The van der Waals surface area contributed by atoms with E-state index in [9.17, 15) is 0 Å². The summed E-state index contributed by atoms with van der Waals surface area (Å²) >= 11 is 4.34. The molecule has 7 aromatic carbocycles. The number of thiol groups is 1. The smallest absolute Gasteiger partial charge is 0.0781 e. The average Bonchev–Trinajstić information content (AvgIpc) is 3.28. The molecule has 0 aliphatic heterocycles. The van der Waals surface area contributed by atoms with E-state index in [4.69, 9.17) is 15.0 Å². The Hall–Kier alpha value is -6.10. The van der Waals surface area contributed by atoms with Crippen molar-refractivity contribution >= 4 is 46.8 Å². The molecule has 3 nitrogen and oxygen atoms in total. The second-order valence-electron chi connectivity index (χ2n) is 14.2. The van der Waals surface area contributed by atoms with Crippen LogP contribution in [0.25, 0.3) is 0 Å². The summed E-state index contributed by atoms with van der Waals surface area (Å²) < 4.78 is 0. The summed E-state index contributed by atoms with van der Waals surface area (Å²) in [6.07, 6.45) is 8.69. The topological polar surface area (TPSA) is 37.1 Å². The number of benzene rings is 7. The molecule has 0 N–H and O–H groups in total. The normalized spacial score (nSPS) is 10.8. The number of unbranched alkanes of at least 4 members (excludes halogenated alkanes) is 5. The predicted molar refractivity (Wildman–Crippen MR) is 246 cm³/mol. The lowest BCUT2D eigenvalue weighted by atomic mass is 10.00. The Morgan fingerprint density at radius 3 is 0.912 bits per heavy atom. The minimum atomic E-state index is 0.880. The van der Waals surface area contributed by atoms with Crippen LogP contribution in [0.2, 0.25) is 0 Å². The Kier molecular flexibility index (Phi) is 14.2. The first-order chi connectivity index (χ1) is 28.2. The molecular formula is C53H49N3S. The molecule has 0 unspecified atom stereocenters. The maximum absolute atomic E-state index is 5.29. The third-order valence-corrected chi connectivity index (χ3v) is 10.3. The number of hydrogen-bond acceptors (Lipinski definition) is 4. The van der Waals surface area contributed by atoms with Crippen molar-refractivity contribution in [3.8, 4) is 0 Å². The Morgan fingerprint density at radius 2 is 0.579 bits per heavy atom. The lowest BCUT2D eigenvalue weighted by Crippen LogP contribution is -2.04. The molecular weight excluding hydrogens is 711 g/mol. The number of rotatable bonds is 17.